The van der Waals surface area contributed by atoms with Crippen LogP contribution in [0.4, 0.5) is 0 Å². The largest absolute Gasteiger partial charge is 0.245 e. The van der Waals surface area contributed by atoms with Crippen LogP contribution in [0.5, 0.6) is 0 Å². The average Bonchev–Trinajstić information content (AvgIpc) is 2.62. The van der Waals surface area contributed by atoms with Gasteiger partial charge in [0, 0.05) is 11.6 Å². The molecule has 1 aromatic rings. The molecule has 2 unspecified atom stereocenters. The molecule has 0 spiro atoms. The number of sulfone groups is 1. The lowest BCUT2D eigenvalue weighted by atomic mass is 10.1. The van der Waals surface area contributed by atoms with Crippen LogP contribution < -0.4 is 0 Å². The molecule has 15 heavy (non-hydrogen) atoms. The molecule has 0 aliphatic heterocycles. The highest BCUT2D eigenvalue weighted by Crippen LogP contribution is 2.28. The van der Waals surface area contributed by atoms with Gasteiger partial charge in [-0.25, -0.2) is 13.4 Å². The summed E-state index contributed by atoms with van der Waals surface area (Å²) in [5.41, 5.74) is 1.01. The first-order valence-corrected chi connectivity index (χ1v) is 7.83. The number of hydrogen-bond acceptors (Lipinski definition) is 4. The number of aromatic nitrogens is 1. The van der Waals surface area contributed by atoms with Crippen molar-refractivity contribution in [2.24, 2.45) is 0 Å². The van der Waals surface area contributed by atoms with Gasteiger partial charge < -0.3 is 0 Å². The van der Waals surface area contributed by atoms with Crippen molar-refractivity contribution < 1.29 is 8.42 Å². The van der Waals surface area contributed by atoms with E-state index in [1.807, 2.05) is 5.38 Å². The Kier molecular flexibility index (Phi) is 3.89. The molecule has 0 fully saturated rings. The maximum atomic E-state index is 11.3. The van der Waals surface area contributed by atoms with Crippen LogP contribution in [0.2, 0.25) is 0 Å². The molecule has 0 bridgehead atoms. The van der Waals surface area contributed by atoms with E-state index in [4.69, 9.17) is 0 Å². The van der Waals surface area contributed by atoms with Crippen LogP contribution in [0.1, 0.15) is 49.1 Å². The molecule has 2 atom stereocenters. The van der Waals surface area contributed by atoms with Gasteiger partial charge in [-0.05, 0) is 19.3 Å². The van der Waals surface area contributed by atoms with Gasteiger partial charge in [0.1, 0.15) is 10.3 Å². The van der Waals surface area contributed by atoms with Gasteiger partial charge in [0.05, 0.1) is 5.69 Å². The van der Waals surface area contributed by atoms with Gasteiger partial charge in [0.25, 0.3) is 0 Å². The van der Waals surface area contributed by atoms with E-state index >= 15 is 0 Å². The quantitative estimate of drug-likeness (QED) is 0.822. The van der Waals surface area contributed by atoms with Crippen LogP contribution in [0, 0.1) is 0 Å². The normalized spacial score (nSPS) is 16.3. The number of nitrogens with zero attached hydrogens (tertiary/aromatic N) is 1. The SMILES string of the molecule is CCC(C)c1csc(C(C)S(C)(=O)=O)n1. The van der Waals surface area contributed by atoms with E-state index in [-0.39, 0.29) is 0 Å². The second-order valence-electron chi connectivity index (χ2n) is 3.89. The van der Waals surface area contributed by atoms with Crippen LogP contribution in [0.25, 0.3) is 0 Å². The molecule has 1 aromatic heterocycles. The van der Waals surface area contributed by atoms with E-state index in [0.717, 1.165) is 12.1 Å². The van der Waals surface area contributed by atoms with Crippen molar-refractivity contribution in [2.75, 3.05) is 6.26 Å². The van der Waals surface area contributed by atoms with Crippen LogP contribution in [-0.4, -0.2) is 19.7 Å². The first-order chi connectivity index (χ1) is 6.86. The summed E-state index contributed by atoms with van der Waals surface area (Å²) in [6, 6.07) is 0. The molecule has 0 aliphatic carbocycles. The standard InChI is InChI=1S/C10H17NO2S2/c1-5-7(2)9-6-14-10(11-9)8(3)15(4,12)13/h6-8H,5H2,1-4H3. The van der Waals surface area contributed by atoms with Crippen LogP contribution >= 0.6 is 11.3 Å². The zero-order chi connectivity index (χ0) is 11.6. The van der Waals surface area contributed by atoms with Crippen molar-refractivity contribution in [3.05, 3.63) is 16.1 Å². The summed E-state index contributed by atoms with van der Waals surface area (Å²) >= 11 is 1.44. The second kappa shape index (κ2) is 4.61. The van der Waals surface area contributed by atoms with E-state index in [1.165, 1.54) is 17.6 Å². The Bertz CT molecular complexity index is 422. The maximum absolute atomic E-state index is 11.3. The lowest BCUT2D eigenvalue weighted by Gasteiger charge is -2.06. The first kappa shape index (κ1) is 12.6. The highest BCUT2D eigenvalue weighted by Gasteiger charge is 2.21. The Hall–Kier alpha value is -0.420. The molecule has 0 N–H and O–H groups in total. The number of hydrogen-bond donors (Lipinski definition) is 0. The molecule has 1 heterocycles. The van der Waals surface area contributed by atoms with Crippen LogP contribution in [-0.2, 0) is 9.84 Å². The molecular weight excluding hydrogens is 230 g/mol. The average molecular weight is 247 g/mol. The fourth-order valence-electron chi connectivity index (χ4n) is 1.11. The van der Waals surface area contributed by atoms with Crippen molar-refractivity contribution >= 4 is 21.2 Å². The lowest BCUT2D eigenvalue weighted by Crippen LogP contribution is -2.07. The highest BCUT2D eigenvalue weighted by atomic mass is 32.2. The Morgan fingerprint density at radius 3 is 2.53 bits per heavy atom. The van der Waals surface area contributed by atoms with Gasteiger partial charge in [-0.1, -0.05) is 13.8 Å². The molecule has 0 radical (unpaired) electrons. The third-order valence-electron chi connectivity index (χ3n) is 2.65. The van der Waals surface area contributed by atoms with E-state index in [2.05, 4.69) is 18.8 Å². The summed E-state index contributed by atoms with van der Waals surface area (Å²) in [4.78, 5) is 4.39. The summed E-state index contributed by atoms with van der Waals surface area (Å²) in [5.74, 6) is 0.404. The Morgan fingerprint density at radius 2 is 2.07 bits per heavy atom. The van der Waals surface area contributed by atoms with Crippen molar-refractivity contribution in [1.29, 1.82) is 0 Å². The van der Waals surface area contributed by atoms with E-state index < -0.39 is 15.1 Å². The van der Waals surface area contributed by atoms with Gasteiger partial charge in [0.2, 0.25) is 0 Å². The minimum absolute atomic E-state index is 0.404. The first-order valence-electron chi connectivity index (χ1n) is 5.00. The molecule has 3 nitrogen and oxygen atoms in total. The molecule has 0 saturated heterocycles. The monoisotopic (exact) mass is 247 g/mol. The van der Waals surface area contributed by atoms with E-state index in [0.29, 0.717) is 10.9 Å². The summed E-state index contributed by atoms with van der Waals surface area (Å²) in [5, 5.41) is 2.18. The Labute approximate surface area is 95.5 Å². The molecule has 0 aliphatic rings. The van der Waals surface area contributed by atoms with E-state index in [9.17, 15) is 8.42 Å². The lowest BCUT2D eigenvalue weighted by molar-refractivity contribution is 0.591. The highest BCUT2D eigenvalue weighted by molar-refractivity contribution is 7.91. The Morgan fingerprint density at radius 1 is 1.47 bits per heavy atom. The third kappa shape index (κ3) is 3.01. The summed E-state index contributed by atoms with van der Waals surface area (Å²) < 4.78 is 22.7. The molecule has 5 heteroatoms. The summed E-state index contributed by atoms with van der Waals surface area (Å²) in [7, 11) is -3.03. The van der Waals surface area contributed by atoms with Gasteiger partial charge in [-0.15, -0.1) is 11.3 Å². The zero-order valence-electron chi connectivity index (χ0n) is 9.52. The van der Waals surface area contributed by atoms with E-state index in [1.54, 1.807) is 6.92 Å². The molecular formula is C10H17NO2S2. The van der Waals surface area contributed by atoms with Crippen molar-refractivity contribution in [2.45, 2.75) is 38.4 Å². The van der Waals surface area contributed by atoms with Crippen molar-refractivity contribution in [1.82, 2.24) is 4.98 Å². The fraction of sp³-hybridized carbons (Fsp3) is 0.700. The van der Waals surface area contributed by atoms with Gasteiger partial charge in [-0.3, -0.25) is 0 Å². The van der Waals surface area contributed by atoms with Crippen molar-refractivity contribution in [3.8, 4) is 0 Å². The molecule has 0 aromatic carbocycles. The molecule has 86 valence electrons. The number of thiazole rings is 1. The van der Waals surface area contributed by atoms with Gasteiger partial charge in [-0.2, -0.15) is 0 Å². The molecule has 1 rings (SSSR count). The number of rotatable bonds is 4. The Balaban J connectivity index is 2.94. The summed E-state index contributed by atoms with van der Waals surface area (Å²) in [6.07, 6.45) is 2.28. The third-order valence-corrected chi connectivity index (χ3v) is 5.35. The van der Waals surface area contributed by atoms with Crippen LogP contribution in [0.15, 0.2) is 5.38 Å². The predicted octanol–water partition coefficient (Wildman–Crippen LogP) is 2.76. The minimum Gasteiger partial charge on any atom is -0.245 e. The topological polar surface area (TPSA) is 47.0 Å². The zero-order valence-corrected chi connectivity index (χ0v) is 11.2. The second-order valence-corrected chi connectivity index (χ2v) is 7.15. The molecule has 0 amide bonds. The van der Waals surface area contributed by atoms with Crippen molar-refractivity contribution in [3.63, 3.8) is 0 Å². The fourth-order valence-corrected chi connectivity index (χ4v) is 3.09. The predicted molar refractivity (Wildman–Crippen MR) is 64.1 cm³/mol. The van der Waals surface area contributed by atoms with Crippen LogP contribution in [0.3, 0.4) is 0 Å². The minimum atomic E-state index is -3.03. The smallest absolute Gasteiger partial charge is 0.156 e. The molecule has 0 saturated carbocycles. The maximum Gasteiger partial charge on any atom is 0.156 e. The van der Waals surface area contributed by atoms with Gasteiger partial charge in [0.15, 0.2) is 9.84 Å². The van der Waals surface area contributed by atoms with Gasteiger partial charge >= 0.3 is 0 Å². The summed E-state index contributed by atoms with van der Waals surface area (Å²) in [6.45, 7) is 5.89.